The highest BCUT2D eigenvalue weighted by Gasteiger charge is 2.06. The van der Waals surface area contributed by atoms with E-state index in [2.05, 4.69) is 5.10 Å². The van der Waals surface area contributed by atoms with Crippen LogP contribution in [0.1, 0.15) is 0 Å². The molecule has 4 heteroatoms. The van der Waals surface area contributed by atoms with Crippen LogP contribution in [0.3, 0.4) is 0 Å². The standard InChI is InChI=1S/C11H15N3O/c1-15-8-10(12)7-14-11-5-3-2-4-9(11)6-13-14/h2-6,10H,7-8,12H2,1H3. The number of hydrogen-bond acceptors (Lipinski definition) is 3. The molecule has 2 rings (SSSR count). The largest absolute Gasteiger partial charge is 0.383 e. The van der Waals surface area contributed by atoms with Gasteiger partial charge in [0.25, 0.3) is 0 Å². The minimum Gasteiger partial charge on any atom is -0.383 e. The van der Waals surface area contributed by atoms with E-state index in [0.29, 0.717) is 13.2 Å². The lowest BCUT2D eigenvalue weighted by atomic mass is 10.2. The second kappa shape index (κ2) is 4.42. The van der Waals surface area contributed by atoms with Gasteiger partial charge in [0.15, 0.2) is 0 Å². The zero-order valence-corrected chi connectivity index (χ0v) is 8.76. The Morgan fingerprint density at radius 2 is 2.27 bits per heavy atom. The number of rotatable bonds is 4. The second-order valence-electron chi connectivity index (χ2n) is 3.60. The summed E-state index contributed by atoms with van der Waals surface area (Å²) in [5.41, 5.74) is 7.00. The second-order valence-corrected chi connectivity index (χ2v) is 3.60. The summed E-state index contributed by atoms with van der Waals surface area (Å²) in [5.74, 6) is 0. The fraction of sp³-hybridized carbons (Fsp3) is 0.364. The van der Waals surface area contributed by atoms with Crippen LogP contribution < -0.4 is 5.73 Å². The molecule has 0 saturated carbocycles. The van der Waals surface area contributed by atoms with Gasteiger partial charge in [-0.3, -0.25) is 4.68 Å². The van der Waals surface area contributed by atoms with Crippen LogP contribution in [0.5, 0.6) is 0 Å². The van der Waals surface area contributed by atoms with Crippen molar-refractivity contribution >= 4 is 10.9 Å². The number of para-hydroxylation sites is 1. The first-order valence-electron chi connectivity index (χ1n) is 4.96. The number of aromatic nitrogens is 2. The number of methoxy groups -OCH3 is 1. The van der Waals surface area contributed by atoms with Gasteiger partial charge in [0.2, 0.25) is 0 Å². The first-order valence-corrected chi connectivity index (χ1v) is 4.96. The van der Waals surface area contributed by atoms with Crippen LogP contribution in [-0.2, 0) is 11.3 Å². The van der Waals surface area contributed by atoms with Gasteiger partial charge in [-0.1, -0.05) is 18.2 Å². The molecule has 1 aromatic heterocycles. The van der Waals surface area contributed by atoms with E-state index in [1.165, 1.54) is 0 Å². The third kappa shape index (κ3) is 2.16. The summed E-state index contributed by atoms with van der Waals surface area (Å²) in [6.45, 7) is 1.23. The van der Waals surface area contributed by atoms with E-state index in [-0.39, 0.29) is 6.04 Å². The van der Waals surface area contributed by atoms with Crippen molar-refractivity contribution in [2.75, 3.05) is 13.7 Å². The van der Waals surface area contributed by atoms with Crippen LogP contribution in [0.25, 0.3) is 10.9 Å². The maximum atomic E-state index is 5.88. The Morgan fingerprint density at radius 3 is 3.07 bits per heavy atom. The molecule has 0 aliphatic rings. The summed E-state index contributed by atoms with van der Waals surface area (Å²) in [6.07, 6.45) is 1.86. The molecule has 1 unspecified atom stereocenters. The molecule has 0 amide bonds. The van der Waals surface area contributed by atoms with Crippen molar-refractivity contribution in [2.24, 2.45) is 5.73 Å². The summed E-state index contributed by atoms with van der Waals surface area (Å²) in [6, 6.07) is 8.08. The molecule has 1 atom stereocenters. The topological polar surface area (TPSA) is 53.1 Å². The maximum Gasteiger partial charge on any atom is 0.0683 e. The minimum absolute atomic E-state index is 0.0155. The highest BCUT2D eigenvalue weighted by Crippen LogP contribution is 2.12. The molecule has 15 heavy (non-hydrogen) atoms. The highest BCUT2D eigenvalue weighted by molar-refractivity contribution is 5.78. The van der Waals surface area contributed by atoms with Crippen LogP contribution in [-0.4, -0.2) is 29.5 Å². The SMILES string of the molecule is COCC(N)Cn1ncc2ccccc21. The molecular weight excluding hydrogens is 190 g/mol. The van der Waals surface area contributed by atoms with Crippen LogP contribution in [0.4, 0.5) is 0 Å². The lowest BCUT2D eigenvalue weighted by molar-refractivity contribution is 0.172. The summed E-state index contributed by atoms with van der Waals surface area (Å²) in [4.78, 5) is 0. The van der Waals surface area contributed by atoms with E-state index in [9.17, 15) is 0 Å². The van der Waals surface area contributed by atoms with Crippen molar-refractivity contribution in [3.05, 3.63) is 30.5 Å². The summed E-state index contributed by atoms with van der Waals surface area (Å²) < 4.78 is 6.91. The molecule has 1 heterocycles. The number of benzene rings is 1. The van der Waals surface area contributed by atoms with Gasteiger partial charge in [0, 0.05) is 18.5 Å². The molecule has 2 N–H and O–H groups in total. The average molecular weight is 205 g/mol. The average Bonchev–Trinajstić information content (AvgIpc) is 2.62. The van der Waals surface area contributed by atoms with Crippen LogP contribution in [0.2, 0.25) is 0 Å². The predicted molar refractivity (Wildman–Crippen MR) is 59.6 cm³/mol. The predicted octanol–water partition coefficient (Wildman–Crippen LogP) is 1.01. The Kier molecular flexibility index (Phi) is 2.99. The van der Waals surface area contributed by atoms with Crippen molar-refractivity contribution in [3.8, 4) is 0 Å². The zero-order valence-electron chi connectivity index (χ0n) is 8.76. The third-order valence-corrected chi connectivity index (χ3v) is 2.34. The Morgan fingerprint density at radius 1 is 1.47 bits per heavy atom. The fourth-order valence-corrected chi connectivity index (χ4v) is 1.66. The number of ether oxygens (including phenoxy) is 1. The van der Waals surface area contributed by atoms with E-state index >= 15 is 0 Å². The molecule has 0 aliphatic heterocycles. The molecule has 4 nitrogen and oxygen atoms in total. The number of hydrogen-bond donors (Lipinski definition) is 1. The Bertz CT molecular complexity index is 438. The van der Waals surface area contributed by atoms with Crippen LogP contribution in [0.15, 0.2) is 30.5 Å². The monoisotopic (exact) mass is 205 g/mol. The minimum atomic E-state index is -0.0155. The van der Waals surface area contributed by atoms with Gasteiger partial charge in [-0.25, -0.2) is 0 Å². The van der Waals surface area contributed by atoms with Crippen molar-refractivity contribution in [3.63, 3.8) is 0 Å². The fourth-order valence-electron chi connectivity index (χ4n) is 1.66. The number of nitrogens with zero attached hydrogens (tertiary/aromatic N) is 2. The number of fused-ring (bicyclic) bond motifs is 1. The first kappa shape index (κ1) is 10.1. The highest BCUT2D eigenvalue weighted by atomic mass is 16.5. The van der Waals surface area contributed by atoms with E-state index < -0.39 is 0 Å². The smallest absolute Gasteiger partial charge is 0.0683 e. The molecule has 1 aromatic carbocycles. The van der Waals surface area contributed by atoms with E-state index in [1.807, 2.05) is 35.1 Å². The Labute approximate surface area is 88.6 Å². The quantitative estimate of drug-likeness (QED) is 0.810. The van der Waals surface area contributed by atoms with E-state index in [4.69, 9.17) is 10.5 Å². The van der Waals surface area contributed by atoms with Gasteiger partial charge < -0.3 is 10.5 Å². The number of nitrogens with two attached hydrogens (primary N) is 1. The van der Waals surface area contributed by atoms with E-state index in [1.54, 1.807) is 7.11 Å². The summed E-state index contributed by atoms with van der Waals surface area (Å²) >= 11 is 0. The molecule has 0 bridgehead atoms. The molecule has 2 aromatic rings. The molecular formula is C11H15N3O. The van der Waals surface area contributed by atoms with Gasteiger partial charge in [-0.2, -0.15) is 5.10 Å². The summed E-state index contributed by atoms with van der Waals surface area (Å²) in [7, 11) is 1.65. The molecule has 0 saturated heterocycles. The third-order valence-electron chi connectivity index (χ3n) is 2.34. The lowest BCUT2D eigenvalue weighted by Crippen LogP contribution is -2.31. The van der Waals surface area contributed by atoms with E-state index in [0.717, 1.165) is 10.9 Å². The molecule has 80 valence electrons. The summed E-state index contributed by atoms with van der Waals surface area (Å²) in [5, 5.41) is 5.44. The maximum absolute atomic E-state index is 5.88. The molecule has 0 aliphatic carbocycles. The van der Waals surface area contributed by atoms with Crippen molar-refractivity contribution in [2.45, 2.75) is 12.6 Å². The van der Waals surface area contributed by atoms with Gasteiger partial charge in [-0.15, -0.1) is 0 Å². The molecule has 0 spiro atoms. The Balaban J connectivity index is 2.21. The Hall–Kier alpha value is -1.39. The lowest BCUT2D eigenvalue weighted by Gasteiger charge is -2.10. The first-order chi connectivity index (χ1) is 7.31. The van der Waals surface area contributed by atoms with Gasteiger partial charge in [0.1, 0.15) is 0 Å². The van der Waals surface area contributed by atoms with Gasteiger partial charge in [0.05, 0.1) is 24.9 Å². The normalized spacial score (nSPS) is 13.2. The van der Waals surface area contributed by atoms with Crippen molar-refractivity contribution in [1.82, 2.24) is 9.78 Å². The molecule has 0 radical (unpaired) electrons. The van der Waals surface area contributed by atoms with Crippen LogP contribution in [0, 0.1) is 0 Å². The van der Waals surface area contributed by atoms with Crippen LogP contribution >= 0.6 is 0 Å². The van der Waals surface area contributed by atoms with Gasteiger partial charge >= 0.3 is 0 Å². The van der Waals surface area contributed by atoms with Crippen molar-refractivity contribution in [1.29, 1.82) is 0 Å². The van der Waals surface area contributed by atoms with Crippen molar-refractivity contribution < 1.29 is 4.74 Å². The van der Waals surface area contributed by atoms with Gasteiger partial charge in [-0.05, 0) is 6.07 Å². The molecule has 0 fully saturated rings. The zero-order chi connectivity index (χ0) is 10.7.